The van der Waals surface area contributed by atoms with Crippen LogP contribution in [0.15, 0.2) is 30.5 Å². The van der Waals surface area contributed by atoms with E-state index in [0.717, 1.165) is 60.5 Å². The van der Waals surface area contributed by atoms with Crippen molar-refractivity contribution in [2.24, 2.45) is 0 Å². The van der Waals surface area contributed by atoms with E-state index in [1.165, 1.54) is 0 Å². The molecule has 0 saturated carbocycles. The Hall–Kier alpha value is -2.09. The fourth-order valence-corrected chi connectivity index (χ4v) is 3.23. The minimum absolute atomic E-state index is 0. The van der Waals surface area contributed by atoms with Crippen LogP contribution in [-0.2, 0) is 19.5 Å². The molecule has 0 unspecified atom stereocenters. The molecule has 1 aliphatic heterocycles. The zero-order valence-electron chi connectivity index (χ0n) is 15.4. The molecule has 0 fully saturated rings. The first-order valence-corrected chi connectivity index (χ1v) is 8.55. The van der Waals surface area contributed by atoms with Gasteiger partial charge in [0.1, 0.15) is 23.1 Å². The largest absolute Gasteiger partial charge is 0.496 e. The number of methoxy groups -OCH3 is 1. The molecule has 0 saturated heterocycles. The van der Waals surface area contributed by atoms with Crippen molar-refractivity contribution in [1.82, 2.24) is 29.6 Å². The van der Waals surface area contributed by atoms with Gasteiger partial charge in [0.25, 0.3) is 0 Å². The Balaban J connectivity index is 0.00000131. The number of nitrogens with one attached hydrogen (secondary N) is 1. The number of imidazole rings is 1. The molecular formula is C18H24Cl2N6O. The minimum Gasteiger partial charge on any atom is -0.496 e. The van der Waals surface area contributed by atoms with Crippen molar-refractivity contribution < 1.29 is 4.74 Å². The first-order chi connectivity index (χ1) is 12.2. The van der Waals surface area contributed by atoms with Crippen molar-refractivity contribution in [3.05, 3.63) is 47.7 Å². The molecule has 146 valence electrons. The van der Waals surface area contributed by atoms with Crippen LogP contribution in [0.4, 0.5) is 0 Å². The molecule has 1 aliphatic rings. The van der Waals surface area contributed by atoms with Crippen molar-refractivity contribution in [3.63, 3.8) is 0 Å². The molecule has 0 aliphatic carbocycles. The number of hydrogen-bond acceptors (Lipinski definition) is 5. The summed E-state index contributed by atoms with van der Waals surface area (Å²) >= 11 is 0. The van der Waals surface area contributed by atoms with E-state index >= 15 is 0 Å². The zero-order chi connectivity index (χ0) is 17.2. The summed E-state index contributed by atoms with van der Waals surface area (Å²) in [7, 11) is 1.69. The van der Waals surface area contributed by atoms with Gasteiger partial charge in [-0.15, -0.1) is 24.8 Å². The second-order valence-electron chi connectivity index (χ2n) is 6.19. The number of ether oxygens (including phenoxy) is 1. The summed E-state index contributed by atoms with van der Waals surface area (Å²) in [5.41, 5.74) is 1.95. The number of aromatic nitrogens is 5. The summed E-state index contributed by atoms with van der Waals surface area (Å²) in [5, 5.41) is 7.96. The van der Waals surface area contributed by atoms with Gasteiger partial charge in [-0.1, -0.05) is 18.2 Å². The Kier molecular flexibility index (Phi) is 7.24. The maximum atomic E-state index is 5.46. The molecule has 0 bridgehead atoms. The third kappa shape index (κ3) is 4.43. The Morgan fingerprint density at radius 2 is 1.96 bits per heavy atom. The van der Waals surface area contributed by atoms with Crippen molar-refractivity contribution in [2.75, 3.05) is 20.2 Å². The number of hydrogen-bond donors (Lipinski definition) is 1. The zero-order valence-corrected chi connectivity index (χ0v) is 17.0. The second-order valence-corrected chi connectivity index (χ2v) is 6.19. The predicted molar refractivity (Wildman–Crippen MR) is 109 cm³/mol. The summed E-state index contributed by atoms with van der Waals surface area (Å²) in [6.07, 6.45) is 3.02. The molecule has 2 aromatic heterocycles. The van der Waals surface area contributed by atoms with Crippen molar-refractivity contribution in [2.45, 2.75) is 26.4 Å². The molecular weight excluding hydrogens is 387 g/mol. The molecule has 0 radical (unpaired) electrons. The van der Waals surface area contributed by atoms with Crippen molar-refractivity contribution in [3.8, 4) is 17.3 Å². The van der Waals surface area contributed by atoms with Crippen LogP contribution in [0.3, 0.4) is 0 Å². The first-order valence-electron chi connectivity index (χ1n) is 8.55. The number of para-hydroxylation sites is 1. The average Bonchev–Trinajstić information content (AvgIpc) is 3.11. The Bertz CT molecular complexity index is 868. The van der Waals surface area contributed by atoms with Crippen LogP contribution in [0.5, 0.6) is 5.75 Å². The van der Waals surface area contributed by atoms with E-state index in [2.05, 4.69) is 26.2 Å². The van der Waals surface area contributed by atoms with E-state index < -0.39 is 0 Å². The Morgan fingerprint density at radius 3 is 2.78 bits per heavy atom. The highest BCUT2D eigenvalue weighted by Gasteiger charge is 2.18. The smallest absolute Gasteiger partial charge is 0.178 e. The van der Waals surface area contributed by atoms with Crippen LogP contribution in [0.1, 0.15) is 17.2 Å². The predicted octanol–water partition coefficient (Wildman–Crippen LogP) is 2.50. The molecule has 0 atom stereocenters. The standard InChI is InChI=1S/C18H22N6O.2ClH/c1-13-20-18(15-12-23-10-9-19-8-7-17(23)21-15)24(22-13)11-14-5-3-4-6-16(14)25-2;;/h3-6,12,19H,7-11H2,1-2H3;2*1H. The van der Waals surface area contributed by atoms with Gasteiger partial charge < -0.3 is 14.6 Å². The number of fused-ring (bicyclic) bond motifs is 1. The second kappa shape index (κ2) is 9.21. The van der Waals surface area contributed by atoms with Crippen LogP contribution < -0.4 is 10.1 Å². The lowest BCUT2D eigenvalue weighted by atomic mass is 10.2. The van der Waals surface area contributed by atoms with Crippen LogP contribution in [0, 0.1) is 6.92 Å². The third-order valence-corrected chi connectivity index (χ3v) is 4.43. The molecule has 3 heterocycles. The first kappa shape index (κ1) is 21.2. The van der Waals surface area contributed by atoms with Gasteiger partial charge in [-0.3, -0.25) is 0 Å². The van der Waals surface area contributed by atoms with E-state index in [1.807, 2.05) is 35.9 Å². The van der Waals surface area contributed by atoms with Crippen molar-refractivity contribution >= 4 is 24.8 Å². The number of aryl methyl sites for hydroxylation is 1. The summed E-state index contributed by atoms with van der Waals surface area (Å²) in [6.45, 7) is 5.37. The molecule has 4 rings (SSSR count). The number of halogens is 2. The van der Waals surface area contributed by atoms with Crippen LogP contribution in [0.25, 0.3) is 11.5 Å². The molecule has 0 spiro atoms. The molecule has 3 aromatic rings. The number of benzene rings is 1. The number of nitrogens with zero attached hydrogens (tertiary/aromatic N) is 5. The topological polar surface area (TPSA) is 69.8 Å². The highest BCUT2D eigenvalue weighted by molar-refractivity contribution is 5.85. The molecule has 9 heteroatoms. The van der Waals surface area contributed by atoms with Crippen LogP contribution >= 0.6 is 24.8 Å². The summed E-state index contributed by atoms with van der Waals surface area (Å²) in [5.74, 6) is 3.50. The van der Waals surface area contributed by atoms with Gasteiger partial charge in [0.2, 0.25) is 0 Å². The maximum Gasteiger partial charge on any atom is 0.178 e. The van der Waals surface area contributed by atoms with E-state index in [1.54, 1.807) is 7.11 Å². The number of rotatable bonds is 4. The monoisotopic (exact) mass is 410 g/mol. The third-order valence-electron chi connectivity index (χ3n) is 4.43. The quantitative estimate of drug-likeness (QED) is 0.715. The fraction of sp³-hybridized carbons (Fsp3) is 0.389. The van der Waals surface area contributed by atoms with Gasteiger partial charge in [0.15, 0.2) is 5.82 Å². The highest BCUT2D eigenvalue weighted by atomic mass is 35.5. The highest BCUT2D eigenvalue weighted by Crippen LogP contribution is 2.23. The van der Waals surface area contributed by atoms with Gasteiger partial charge in [0, 0.05) is 37.8 Å². The lowest BCUT2D eigenvalue weighted by molar-refractivity contribution is 0.407. The van der Waals surface area contributed by atoms with Crippen LogP contribution in [0.2, 0.25) is 0 Å². The van der Waals surface area contributed by atoms with Gasteiger partial charge in [-0.25, -0.2) is 14.6 Å². The fourth-order valence-electron chi connectivity index (χ4n) is 3.23. The lowest BCUT2D eigenvalue weighted by Crippen LogP contribution is -2.17. The SMILES string of the molecule is COc1ccccc1Cn1nc(C)nc1-c1cn2c(n1)CCNCC2.Cl.Cl. The molecule has 7 nitrogen and oxygen atoms in total. The molecule has 0 amide bonds. The minimum atomic E-state index is 0. The molecule has 27 heavy (non-hydrogen) atoms. The molecule has 1 aromatic carbocycles. The van der Waals surface area contributed by atoms with E-state index in [0.29, 0.717) is 6.54 Å². The summed E-state index contributed by atoms with van der Waals surface area (Å²) < 4.78 is 9.59. The van der Waals surface area contributed by atoms with Gasteiger partial charge >= 0.3 is 0 Å². The van der Waals surface area contributed by atoms with Crippen molar-refractivity contribution in [1.29, 1.82) is 0 Å². The average molecular weight is 411 g/mol. The van der Waals surface area contributed by atoms with Gasteiger partial charge in [-0.05, 0) is 13.0 Å². The van der Waals surface area contributed by atoms with Crippen LogP contribution in [-0.4, -0.2) is 44.5 Å². The van der Waals surface area contributed by atoms with E-state index in [9.17, 15) is 0 Å². The maximum absolute atomic E-state index is 5.46. The van der Waals surface area contributed by atoms with Gasteiger partial charge in [-0.2, -0.15) is 5.10 Å². The summed E-state index contributed by atoms with van der Waals surface area (Å²) in [6, 6.07) is 7.99. The lowest BCUT2D eigenvalue weighted by Gasteiger charge is -2.09. The van der Waals surface area contributed by atoms with E-state index in [4.69, 9.17) is 9.72 Å². The van der Waals surface area contributed by atoms with Gasteiger partial charge in [0.05, 0.1) is 13.7 Å². The molecule has 1 N–H and O–H groups in total. The summed E-state index contributed by atoms with van der Waals surface area (Å²) in [4.78, 5) is 9.43. The normalized spacial score (nSPS) is 13.1. The van der Waals surface area contributed by atoms with E-state index in [-0.39, 0.29) is 24.8 Å². The Labute approximate surface area is 171 Å². The Morgan fingerprint density at radius 1 is 1.15 bits per heavy atom.